The van der Waals surface area contributed by atoms with Gasteiger partial charge in [0.1, 0.15) is 5.84 Å². The van der Waals surface area contributed by atoms with Gasteiger partial charge >= 0.3 is 5.97 Å². The lowest BCUT2D eigenvalue weighted by Crippen LogP contribution is -2.46. The molecule has 0 spiro atoms. The van der Waals surface area contributed by atoms with Crippen LogP contribution < -0.4 is 10.0 Å². The van der Waals surface area contributed by atoms with Gasteiger partial charge in [-0.05, 0) is 26.0 Å². The number of rotatable bonds is 6. The molecule has 9 nitrogen and oxygen atoms in total. The Morgan fingerprint density at radius 1 is 1.36 bits per heavy atom. The Kier molecular flexibility index (Phi) is 5.14. The van der Waals surface area contributed by atoms with E-state index < -0.39 is 40.1 Å². The molecule has 0 saturated heterocycles. The molecule has 10 heteroatoms. The van der Waals surface area contributed by atoms with E-state index in [1.807, 2.05) is 0 Å². The van der Waals surface area contributed by atoms with E-state index in [-0.39, 0.29) is 17.2 Å². The zero-order chi connectivity index (χ0) is 18.8. The fourth-order valence-electron chi connectivity index (χ4n) is 2.18. The van der Waals surface area contributed by atoms with E-state index in [2.05, 4.69) is 15.0 Å². The highest BCUT2D eigenvalue weighted by Crippen LogP contribution is 2.22. The van der Waals surface area contributed by atoms with E-state index in [0.29, 0.717) is 5.56 Å². The van der Waals surface area contributed by atoms with Gasteiger partial charge in [0.15, 0.2) is 5.60 Å². The van der Waals surface area contributed by atoms with Gasteiger partial charge in [0.05, 0.1) is 17.5 Å². The third kappa shape index (κ3) is 4.34. The van der Waals surface area contributed by atoms with Gasteiger partial charge in [-0.25, -0.2) is 13.2 Å². The Labute approximate surface area is 144 Å². The van der Waals surface area contributed by atoms with Gasteiger partial charge in [-0.15, -0.1) is 0 Å². The van der Waals surface area contributed by atoms with E-state index in [1.165, 1.54) is 6.07 Å². The number of benzene rings is 1. The summed E-state index contributed by atoms with van der Waals surface area (Å²) in [4.78, 5) is 27.0. The second-order valence-corrected chi connectivity index (χ2v) is 7.64. The molecule has 0 radical (unpaired) electrons. The molecule has 1 heterocycles. The number of aliphatic imine (C=N–C) groups is 1. The minimum atomic E-state index is -3.65. The summed E-state index contributed by atoms with van der Waals surface area (Å²) in [5.74, 6) is -1.79. The molecule has 1 aromatic carbocycles. The van der Waals surface area contributed by atoms with Crippen molar-refractivity contribution in [2.75, 3.05) is 6.54 Å². The fourth-order valence-corrected chi connectivity index (χ4v) is 3.42. The molecule has 0 fully saturated rings. The van der Waals surface area contributed by atoms with Crippen molar-refractivity contribution in [3.8, 4) is 0 Å². The maximum Gasteiger partial charge on any atom is 0.337 e. The van der Waals surface area contributed by atoms with Crippen molar-refractivity contribution >= 4 is 27.7 Å². The number of hydrogen-bond acceptors (Lipinski definition) is 6. The first-order chi connectivity index (χ1) is 11.5. The number of hydrogen-bond donors (Lipinski definition) is 4. The topological polar surface area (TPSA) is 145 Å². The molecule has 1 aliphatic rings. The van der Waals surface area contributed by atoms with Crippen LogP contribution in [0.1, 0.15) is 25.8 Å². The molecular weight excluding hydrogens is 350 g/mol. The van der Waals surface area contributed by atoms with Crippen LogP contribution in [-0.4, -0.2) is 54.5 Å². The molecule has 2 rings (SSSR count). The highest BCUT2D eigenvalue weighted by Gasteiger charge is 2.32. The van der Waals surface area contributed by atoms with E-state index >= 15 is 0 Å². The molecule has 4 N–H and O–H groups in total. The number of sulfonamides is 1. The van der Waals surface area contributed by atoms with E-state index in [0.717, 1.165) is 6.92 Å². The largest absolute Gasteiger partial charge is 0.479 e. The van der Waals surface area contributed by atoms with Crippen LogP contribution in [0.5, 0.6) is 0 Å². The van der Waals surface area contributed by atoms with Crippen LogP contribution in [0, 0.1) is 0 Å². The Morgan fingerprint density at radius 3 is 2.64 bits per heavy atom. The number of carboxylic acid groups (broad SMARTS) is 1. The number of amides is 1. The second-order valence-electron chi connectivity index (χ2n) is 5.99. The summed E-state index contributed by atoms with van der Waals surface area (Å²) in [7, 11) is -3.65. The zero-order valence-corrected chi connectivity index (χ0v) is 14.5. The van der Waals surface area contributed by atoms with Crippen molar-refractivity contribution in [2.24, 2.45) is 4.99 Å². The summed E-state index contributed by atoms with van der Waals surface area (Å²) in [5, 5.41) is 20.7. The summed E-state index contributed by atoms with van der Waals surface area (Å²) in [6.07, 6.45) is -0.0942. The highest BCUT2D eigenvalue weighted by molar-refractivity contribution is 7.90. The number of nitrogens with one attached hydrogen (secondary N) is 2. The van der Waals surface area contributed by atoms with Crippen LogP contribution in [0.15, 0.2) is 34.2 Å². The normalized spacial score (nSPS) is 20.2. The van der Waals surface area contributed by atoms with E-state index in [9.17, 15) is 23.1 Å². The van der Waals surface area contributed by atoms with Crippen molar-refractivity contribution in [1.29, 1.82) is 0 Å². The predicted octanol–water partition coefficient (Wildman–Crippen LogP) is -0.544. The average Bonchev–Trinajstić information content (AvgIpc) is 2.76. The highest BCUT2D eigenvalue weighted by atomic mass is 32.2. The molecule has 0 aliphatic carbocycles. The molecule has 25 heavy (non-hydrogen) atoms. The van der Waals surface area contributed by atoms with Crippen molar-refractivity contribution in [3.05, 3.63) is 29.8 Å². The smallest absolute Gasteiger partial charge is 0.337 e. The summed E-state index contributed by atoms with van der Waals surface area (Å²) >= 11 is 0. The SMILES string of the molecule is CC(CC(=O)NCC(C)(O)C(=O)O)N=C1NS(=O)(=O)c2ccccc21. The number of nitrogens with zero attached hydrogens (tertiary/aromatic N) is 1. The molecule has 1 amide bonds. The first-order valence-corrected chi connectivity index (χ1v) is 8.94. The van der Waals surface area contributed by atoms with Gasteiger partial charge in [-0.2, -0.15) is 0 Å². The van der Waals surface area contributed by atoms with Crippen LogP contribution in [0.2, 0.25) is 0 Å². The van der Waals surface area contributed by atoms with Crippen molar-refractivity contribution < 1.29 is 28.2 Å². The third-order valence-electron chi connectivity index (χ3n) is 3.58. The maximum atomic E-state index is 12.0. The number of aliphatic carboxylic acids is 1. The van der Waals surface area contributed by atoms with Gasteiger partial charge < -0.3 is 15.5 Å². The van der Waals surface area contributed by atoms with Crippen LogP contribution in [-0.2, 0) is 19.6 Å². The lowest BCUT2D eigenvalue weighted by atomic mass is 10.1. The standard InChI is InChI=1S/C15H19N3O6S/c1-9(7-12(19)16-8-15(2,22)14(20)21)17-13-10-5-3-4-6-11(10)25(23,24)18-13/h3-6,9,22H,7-8H2,1-2H3,(H,16,19)(H,17,18)(H,20,21). The van der Waals surface area contributed by atoms with Gasteiger partial charge in [0.25, 0.3) is 10.0 Å². The molecule has 1 aliphatic heterocycles. The summed E-state index contributed by atoms with van der Waals surface area (Å²) < 4.78 is 26.3. The second kappa shape index (κ2) is 6.81. The van der Waals surface area contributed by atoms with Crippen LogP contribution in [0.3, 0.4) is 0 Å². The Morgan fingerprint density at radius 2 is 2.00 bits per heavy atom. The molecule has 0 bridgehead atoms. The first kappa shape index (κ1) is 18.9. The molecular formula is C15H19N3O6S. The summed E-state index contributed by atoms with van der Waals surface area (Å²) in [6.45, 7) is 2.25. The summed E-state index contributed by atoms with van der Waals surface area (Å²) in [6, 6.07) is 5.81. The van der Waals surface area contributed by atoms with E-state index in [1.54, 1.807) is 25.1 Å². The van der Waals surface area contributed by atoms with Crippen molar-refractivity contribution in [1.82, 2.24) is 10.0 Å². The number of carbonyl (C=O) groups is 2. The average molecular weight is 369 g/mol. The van der Waals surface area contributed by atoms with Gasteiger partial charge in [-0.3, -0.25) is 14.5 Å². The van der Waals surface area contributed by atoms with Crippen LogP contribution in [0.4, 0.5) is 0 Å². The minimum Gasteiger partial charge on any atom is -0.479 e. The number of carbonyl (C=O) groups excluding carboxylic acids is 1. The third-order valence-corrected chi connectivity index (χ3v) is 4.98. The Hall–Kier alpha value is -2.46. The Bertz CT molecular complexity index is 831. The minimum absolute atomic E-state index is 0.0942. The predicted molar refractivity (Wildman–Crippen MR) is 88.6 cm³/mol. The van der Waals surface area contributed by atoms with Gasteiger partial charge in [-0.1, -0.05) is 12.1 Å². The lowest BCUT2D eigenvalue weighted by molar-refractivity contribution is -0.156. The molecule has 0 aromatic heterocycles. The molecule has 1 aromatic rings. The van der Waals surface area contributed by atoms with Crippen LogP contribution >= 0.6 is 0 Å². The zero-order valence-electron chi connectivity index (χ0n) is 13.7. The first-order valence-electron chi connectivity index (χ1n) is 7.45. The van der Waals surface area contributed by atoms with Crippen molar-refractivity contribution in [2.45, 2.75) is 36.8 Å². The Balaban J connectivity index is 2.03. The fraction of sp³-hybridized carbons (Fsp3) is 0.400. The van der Waals surface area contributed by atoms with Crippen LogP contribution in [0.25, 0.3) is 0 Å². The quantitative estimate of drug-likeness (QED) is 0.530. The van der Waals surface area contributed by atoms with Crippen molar-refractivity contribution in [3.63, 3.8) is 0 Å². The molecule has 2 atom stereocenters. The van der Waals surface area contributed by atoms with Gasteiger partial charge in [0.2, 0.25) is 5.91 Å². The number of aliphatic hydroxyl groups is 1. The number of fused-ring (bicyclic) bond motifs is 1. The monoisotopic (exact) mass is 369 g/mol. The maximum absolute atomic E-state index is 12.0. The molecule has 136 valence electrons. The van der Waals surface area contributed by atoms with Gasteiger partial charge in [0, 0.05) is 12.0 Å². The number of amidine groups is 1. The molecule has 0 saturated carbocycles. The molecule has 2 unspecified atom stereocenters. The lowest BCUT2D eigenvalue weighted by Gasteiger charge is -2.18. The van der Waals surface area contributed by atoms with E-state index in [4.69, 9.17) is 5.11 Å². The number of carboxylic acids is 1. The summed E-state index contributed by atoms with van der Waals surface area (Å²) in [5.41, 5.74) is -1.63.